The molecule has 2 aliphatic rings. The Morgan fingerprint density at radius 2 is 0.909 bits per heavy atom. The molecule has 0 spiro atoms. The van der Waals surface area contributed by atoms with Crippen LogP contribution in [0, 0.1) is 11.3 Å². The van der Waals surface area contributed by atoms with Gasteiger partial charge in [0.1, 0.15) is 28.7 Å². The molecule has 7 aromatic rings. The van der Waals surface area contributed by atoms with Gasteiger partial charge in [0.2, 0.25) is 0 Å². The van der Waals surface area contributed by atoms with Crippen LogP contribution in [0.25, 0.3) is 89.7 Å². The van der Waals surface area contributed by atoms with Gasteiger partial charge in [-0.15, -0.1) is 0 Å². The lowest BCUT2D eigenvalue weighted by molar-refractivity contribution is 1.19. The monoisotopic (exact) mass is 569 g/mol. The molecular weight excluding hydrogens is 550 g/mol. The van der Waals surface area contributed by atoms with Crippen LogP contribution in [-0.2, 0) is 0 Å². The van der Waals surface area contributed by atoms with Gasteiger partial charge in [0, 0.05) is 38.4 Å². The number of hydrogen-bond donors (Lipinski definition) is 4. The zero-order valence-corrected chi connectivity index (χ0v) is 22.8. The zero-order chi connectivity index (χ0) is 29.5. The van der Waals surface area contributed by atoms with Crippen LogP contribution in [0.1, 0.15) is 5.56 Å². The van der Waals surface area contributed by atoms with E-state index in [1.54, 1.807) is 6.07 Å². The first-order valence-electron chi connectivity index (χ1n) is 13.8. The second-order valence-electron chi connectivity index (χ2n) is 10.5. The maximum absolute atomic E-state index is 9.80. The highest BCUT2D eigenvalue weighted by atomic mass is 15.1. The summed E-state index contributed by atoms with van der Waals surface area (Å²) in [6.45, 7) is 0. The minimum absolute atomic E-state index is 0.177. The van der Waals surface area contributed by atoms with Gasteiger partial charge < -0.3 is 21.4 Å². The summed E-state index contributed by atoms with van der Waals surface area (Å²) in [4.78, 5) is 36.4. The van der Waals surface area contributed by atoms with Crippen LogP contribution in [0.4, 0.5) is 11.4 Å². The second-order valence-corrected chi connectivity index (χ2v) is 10.5. The molecule has 3 aromatic heterocycles. The molecule has 0 saturated heterocycles. The fourth-order valence-corrected chi connectivity index (χ4v) is 5.94. The van der Waals surface area contributed by atoms with Gasteiger partial charge >= 0.3 is 0 Å². The van der Waals surface area contributed by atoms with Gasteiger partial charge in [-0.05, 0) is 6.07 Å². The molecule has 5 heterocycles. The van der Waals surface area contributed by atoms with Gasteiger partial charge in [0.15, 0.2) is 23.3 Å². The van der Waals surface area contributed by atoms with Crippen LogP contribution in [0.2, 0.25) is 0 Å². The Morgan fingerprint density at radius 1 is 0.500 bits per heavy atom. The quantitative estimate of drug-likeness (QED) is 0.161. The topological polar surface area (TPSA) is 185 Å². The van der Waals surface area contributed by atoms with E-state index < -0.39 is 0 Å². The second kappa shape index (κ2) is 8.67. The van der Waals surface area contributed by atoms with E-state index in [0.717, 1.165) is 33.0 Å². The standard InChI is InChI=1S/C33H19N11/c34-14-15-13-22-23(25(36)24(15)35)33-43-31-21-12-6-5-11-20(21)29(41-31)39-27-17-8-2-1-7-16(17)26(37-27)38-28-18-9-3-4-10-19(18)30(40-28)42-32(22)44-33/h1-13H,35-36H2,(H2,37,38,39,40,41,42,43,44). The van der Waals surface area contributed by atoms with Crippen LogP contribution in [0.3, 0.4) is 0 Å². The molecule has 8 bridgehead atoms. The average Bonchev–Trinajstić information content (AvgIpc) is 3.78. The average molecular weight is 570 g/mol. The molecule has 6 N–H and O–H groups in total. The fraction of sp³-hybridized carbons (Fsp3) is 0. The number of H-pyrrole nitrogens is 2. The summed E-state index contributed by atoms with van der Waals surface area (Å²) in [5, 5.41) is 12.7. The summed E-state index contributed by atoms with van der Waals surface area (Å²) in [7, 11) is 0. The molecule has 206 valence electrons. The molecular formula is C33H19N11. The number of anilines is 2. The molecule has 44 heavy (non-hydrogen) atoms. The first-order chi connectivity index (χ1) is 21.6. The lowest BCUT2D eigenvalue weighted by atomic mass is 10.1. The molecule has 0 amide bonds. The van der Waals surface area contributed by atoms with E-state index in [2.05, 4.69) is 16.0 Å². The Bertz CT molecular complexity index is 2610. The minimum atomic E-state index is 0.177. The lowest BCUT2D eigenvalue weighted by Gasteiger charge is -2.04. The summed E-state index contributed by atoms with van der Waals surface area (Å²) in [6.07, 6.45) is 0. The summed E-state index contributed by atoms with van der Waals surface area (Å²) in [5.41, 5.74) is 18.9. The van der Waals surface area contributed by atoms with Crippen LogP contribution in [0.15, 0.2) is 78.9 Å². The molecule has 0 atom stereocenters. The largest absolute Gasteiger partial charge is 0.396 e. The zero-order valence-electron chi connectivity index (χ0n) is 22.8. The number of aromatic amines is 2. The van der Waals surface area contributed by atoms with Crippen molar-refractivity contribution >= 4 is 55.5 Å². The third kappa shape index (κ3) is 3.30. The maximum Gasteiger partial charge on any atom is 0.164 e. The minimum Gasteiger partial charge on any atom is -0.396 e. The van der Waals surface area contributed by atoms with Gasteiger partial charge in [-0.3, -0.25) is 0 Å². The summed E-state index contributed by atoms with van der Waals surface area (Å²) >= 11 is 0. The smallest absolute Gasteiger partial charge is 0.164 e. The Morgan fingerprint density at radius 3 is 1.39 bits per heavy atom. The molecule has 11 heteroatoms. The van der Waals surface area contributed by atoms with Gasteiger partial charge in [-0.25, -0.2) is 29.9 Å². The highest BCUT2D eigenvalue weighted by Crippen LogP contribution is 2.39. The van der Waals surface area contributed by atoms with Gasteiger partial charge in [0.25, 0.3) is 0 Å². The van der Waals surface area contributed by atoms with Crippen LogP contribution in [0.5, 0.6) is 0 Å². The molecule has 0 saturated carbocycles. The van der Waals surface area contributed by atoms with Crippen molar-refractivity contribution in [3.05, 3.63) is 84.4 Å². The molecule has 0 fully saturated rings. The van der Waals surface area contributed by atoms with Crippen LogP contribution < -0.4 is 11.5 Å². The molecule has 4 aromatic carbocycles. The molecule has 0 radical (unpaired) electrons. The van der Waals surface area contributed by atoms with E-state index >= 15 is 0 Å². The number of aromatic nitrogens is 8. The highest BCUT2D eigenvalue weighted by Gasteiger charge is 2.23. The molecule has 2 aliphatic heterocycles. The summed E-state index contributed by atoms with van der Waals surface area (Å²) in [6, 6.07) is 27.3. The Kier molecular flexibility index (Phi) is 4.72. The normalized spacial score (nSPS) is 11.8. The number of rotatable bonds is 0. The number of nitrogens with two attached hydrogens (primary N) is 2. The van der Waals surface area contributed by atoms with Crippen molar-refractivity contribution < 1.29 is 0 Å². The molecule has 11 nitrogen and oxygen atoms in total. The van der Waals surface area contributed by atoms with Crippen molar-refractivity contribution in [1.29, 1.82) is 5.26 Å². The molecule has 0 unspecified atom stereocenters. The Hall–Kier alpha value is -6.67. The number of fused-ring (bicyclic) bond motifs is 20. The molecule has 9 rings (SSSR count). The Labute approximate surface area is 248 Å². The van der Waals surface area contributed by atoms with Crippen molar-refractivity contribution in [2.75, 3.05) is 11.5 Å². The Balaban J connectivity index is 1.53. The van der Waals surface area contributed by atoms with E-state index in [9.17, 15) is 5.26 Å². The van der Waals surface area contributed by atoms with Gasteiger partial charge in [0.05, 0.1) is 22.3 Å². The number of nitrogen functional groups attached to an aromatic ring is 2. The summed E-state index contributed by atoms with van der Waals surface area (Å²) < 4.78 is 0. The number of benzene rings is 4. The van der Waals surface area contributed by atoms with E-state index in [-0.39, 0.29) is 16.9 Å². The van der Waals surface area contributed by atoms with Crippen LogP contribution >= 0.6 is 0 Å². The number of nitriles is 1. The number of hydrogen-bond acceptors (Lipinski definition) is 9. The van der Waals surface area contributed by atoms with Crippen molar-refractivity contribution in [1.82, 2.24) is 39.9 Å². The van der Waals surface area contributed by atoms with E-state index in [4.69, 9.17) is 41.4 Å². The van der Waals surface area contributed by atoms with E-state index in [0.29, 0.717) is 56.7 Å². The predicted molar refractivity (Wildman–Crippen MR) is 170 cm³/mol. The lowest BCUT2D eigenvalue weighted by Crippen LogP contribution is -1.98. The van der Waals surface area contributed by atoms with Gasteiger partial charge in [-0.1, -0.05) is 72.8 Å². The third-order valence-electron chi connectivity index (χ3n) is 8.04. The van der Waals surface area contributed by atoms with Crippen LogP contribution in [-0.4, -0.2) is 39.9 Å². The van der Waals surface area contributed by atoms with Crippen molar-refractivity contribution in [3.63, 3.8) is 0 Å². The SMILES string of the molecule is N#Cc1cc2c3nc4nc(nc5[nH]c(nc6nc(nc([nH]3)c2c(N)c1N)-c1ccccc1-6)c1ccccc51)-c1ccccc1-4. The predicted octanol–water partition coefficient (Wildman–Crippen LogP) is 5.91. The highest BCUT2D eigenvalue weighted by molar-refractivity contribution is 6.15. The van der Waals surface area contributed by atoms with Crippen molar-refractivity contribution in [2.45, 2.75) is 0 Å². The van der Waals surface area contributed by atoms with E-state index in [1.165, 1.54) is 0 Å². The first kappa shape index (κ1) is 24.0. The third-order valence-corrected chi connectivity index (χ3v) is 8.04. The van der Waals surface area contributed by atoms with Gasteiger partial charge in [-0.2, -0.15) is 5.26 Å². The fourth-order valence-electron chi connectivity index (χ4n) is 5.94. The van der Waals surface area contributed by atoms with Crippen molar-refractivity contribution in [3.8, 4) is 51.6 Å². The van der Waals surface area contributed by atoms with E-state index in [1.807, 2.05) is 72.8 Å². The maximum atomic E-state index is 9.80. The first-order valence-corrected chi connectivity index (χ1v) is 13.8. The summed E-state index contributed by atoms with van der Waals surface area (Å²) in [5.74, 6) is 1.91. The number of nitrogens with one attached hydrogen (secondary N) is 2. The molecule has 0 aliphatic carbocycles. The van der Waals surface area contributed by atoms with Crippen molar-refractivity contribution in [2.24, 2.45) is 0 Å². The number of nitrogens with zero attached hydrogens (tertiary/aromatic N) is 7.